The summed E-state index contributed by atoms with van der Waals surface area (Å²) >= 11 is 0. The minimum atomic E-state index is 0.211. The molecular weight excluding hydrogens is 192 g/mol. The van der Waals surface area contributed by atoms with E-state index in [2.05, 4.69) is 20.6 Å². The molecule has 0 bridgehead atoms. The van der Waals surface area contributed by atoms with E-state index in [4.69, 9.17) is 4.74 Å². The summed E-state index contributed by atoms with van der Waals surface area (Å²) in [6, 6.07) is 1.88. The van der Waals surface area contributed by atoms with Gasteiger partial charge in [0.2, 0.25) is 5.95 Å². The van der Waals surface area contributed by atoms with Crippen molar-refractivity contribution >= 4 is 5.95 Å². The molecule has 0 aromatic carbocycles. The van der Waals surface area contributed by atoms with Gasteiger partial charge < -0.3 is 15.4 Å². The third-order valence-corrected chi connectivity index (χ3v) is 2.29. The second-order valence-corrected chi connectivity index (χ2v) is 3.60. The standard InChI is InChI=1S/C10H16N4O/c1-8-2-3-12-10(14-8)13-7-9-6-11-4-5-15-9/h2-3,9,11H,4-7H2,1H3,(H,12,13,14). The summed E-state index contributed by atoms with van der Waals surface area (Å²) in [6.07, 6.45) is 1.97. The van der Waals surface area contributed by atoms with Crippen molar-refractivity contribution in [2.75, 3.05) is 31.6 Å². The SMILES string of the molecule is Cc1ccnc(NCC2CNCCO2)n1. The van der Waals surface area contributed by atoms with Gasteiger partial charge in [0.1, 0.15) is 0 Å². The number of anilines is 1. The predicted octanol–water partition coefficient (Wildman–Crippen LogP) is 0.185. The van der Waals surface area contributed by atoms with Crippen molar-refractivity contribution < 1.29 is 4.74 Å². The van der Waals surface area contributed by atoms with Gasteiger partial charge in [-0.1, -0.05) is 0 Å². The monoisotopic (exact) mass is 208 g/mol. The lowest BCUT2D eigenvalue weighted by molar-refractivity contribution is 0.0371. The van der Waals surface area contributed by atoms with Crippen molar-refractivity contribution in [2.45, 2.75) is 13.0 Å². The molecule has 1 fully saturated rings. The third-order valence-electron chi connectivity index (χ3n) is 2.29. The first-order chi connectivity index (χ1) is 7.34. The Hall–Kier alpha value is -1.20. The first kappa shape index (κ1) is 10.3. The molecule has 1 saturated heterocycles. The van der Waals surface area contributed by atoms with Crippen molar-refractivity contribution in [2.24, 2.45) is 0 Å². The van der Waals surface area contributed by atoms with Crippen LogP contribution in [0.25, 0.3) is 0 Å². The van der Waals surface area contributed by atoms with Crippen LogP contribution in [0.3, 0.4) is 0 Å². The van der Waals surface area contributed by atoms with Gasteiger partial charge in [0, 0.05) is 31.5 Å². The fraction of sp³-hybridized carbons (Fsp3) is 0.600. The van der Waals surface area contributed by atoms with E-state index in [0.717, 1.165) is 31.9 Å². The van der Waals surface area contributed by atoms with Gasteiger partial charge in [-0.15, -0.1) is 0 Å². The predicted molar refractivity (Wildman–Crippen MR) is 57.9 cm³/mol. The summed E-state index contributed by atoms with van der Waals surface area (Å²) < 4.78 is 5.55. The molecule has 15 heavy (non-hydrogen) atoms. The average Bonchev–Trinajstić information content (AvgIpc) is 2.28. The Morgan fingerprint density at radius 3 is 3.33 bits per heavy atom. The van der Waals surface area contributed by atoms with Crippen LogP contribution in [0.2, 0.25) is 0 Å². The van der Waals surface area contributed by atoms with E-state index >= 15 is 0 Å². The van der Waals surface area contributed by atoms with Gasteiger partial charge in [0.05, 0.1) is 12.7 Å². The van der Waals surface area contributed by atoms with E-state index < -0.39 is 0 Å². The molecule has 1 aliphatic rings. The zero-order valence-electron chi connectivity index (χ0n) is 8.86. The van der Waals surface area contributed by atoms with Crippen LogP contribution < -0.4 is 10.6 Å². The molecule has 1 aromatic heterocycles. The molecule has 2 heterocycles. The molecule has 5 nitrogen and oxygen atoms in total. The Morgan fingerprint density at radius 1 is 1.67 bits per heavy atom. The van der Waals surface area contributed by atoms with E-state index in [0.29, 0.717) is 5.95 Å². The fourth-order valence-electron chi connectivity index (χ4n) is 1.49. The first-order valence-corrected chi connectivity index (χ1v) is 5.20. The van der Waals surface area contributed by atoms with Gasteiger partial charge in [-0.3, -0.25) is 0 Å². The van der Waals surface area contributed by atoms with Gasteiger partial charge in [-0.25, -0.2) is 9.97 Å². The van der Waals surface area contributed by atoms with Gasteiger partial charge >= 0.3 is 0 Å². The molecule has 5 heteroatoms. The highest BCUT2D eigenvalue weighted by Crippen LogP contribution is 2.01. The molecule has 0 radical (unpaired) electrons. The number of hydrogen-bond donors (Lipinski definition) is 2. The summed E-state index contributed by atoms with van der Waals surface area (Å²) in [5.74, 6) is 0.671. The Balaban J connectivity index is 1.81. The lowest BCUT2D eigenvalue weighted by Gasteiger charge is -2.23. The first-order valence-electron chi connectivity index (χ1n) is 5.20. The maximum Gasteiger partial charge on any atom is 0.222 e. The molecule has 1 aromatic rings. The number of ether oxygens (including phenoxy) is 1. The highest BCUT2D eigenvalue weighted by Gasteiger charge is 2.12. The van der Waals surface area contributed by atoms with E-state index in [-0.39, 0.29) is 6.10 Å². The van der Waals surface area contributed by atoms with Crippen LogP contribution in [0.5, 0.6) is 0 Å². The van der Waals surface area contributed by atoms with Crippen LogP contribution in [0.4, 0.5) is 5.95 Å². The van der Waals surface area contributed by atoms with Crippen LogP contribution in [0.15, 0.2) is 12.3 Å². The fourth-order valence-corrected chi connectivity index (χ4v) is 1.49. The zero-order valence-corrected chi connectivity index (χ0v) is 8.86. The minimum Gasteiger partial charge on any atom is -0.374 e. The summed E-state index contributed by atoms with van der Waals surface area (Å²) in [5, 5.41) is 6.44. The highest BCUT2D eigenvalue weighted by molar-refractivity contribution is 5.24. The number of nitrogens with one attached hydrogen (secondary N) is 2. The average molecular weight is 208 g/mol. The summed E-state index contributed by atoms with van der Waals surface area (Å²) in [4.78, 5) is 8.39. The molecule has 0 saturated carbocycles. The maximum absolute atomic E-state index is 5.55. The van der Waals surface area contributed by atoms with Crippen molar-refractivity contribution in [1.29, 1.82) is 0 Å². The second kappa shape index (κ2) is 5.04. The number of aromatic nitrogens is 2. The summed E-state index contributed by atoms with van der Waals surface area (Å²) in [5.41, 5.74) is 0.968. The molecule has 1 unspecified atom stereocenters. The van der Waals surface area contributed by atoms with Crippen molar-refractivity contribution in [3.8, 4) is 0 Å². The maximum atomic E-state index is 5.55. The quantitative estimate of drug-likeness (QED) is 0.742. The van der Waals surface area contributed by atoms with Crippen molar-refractivity contribution in [1.82, 2.24) is 15.3 Å². The van der Waals surface area contributed by atoms with Crippen molar-refractivity contribution in [3.05, 3.63) is 18.0 Å². The van der Waals surface area contributed by atoms with Gasteiger partial charge in [0.15, 0.2) is 0 Å². The number of nitrogens with zero attached hydrogens (tertiary/aromatic N) is 2. The highest BCUT2D eigenvalue weighted by atomic mass is 16.5. The molecule has 2 N–H and O–H groups in total. The van der Waals surface area contributed by atoms with E-state index in [1.807, 2.05) is 13.0 Å². The number of rotatable bonds is 3. The Kier molecular flexibility index (Phi) is 3.47. The van der Waals surface area contributed by atoms with E-state index in [1.54, 1.807) is 6.20 Å². The van der Waals surface area contributed by atoms with E-state index in [1.165, 1.54) is 0 Å². The molecule has 1 atom stereocenters. The molecule has 82 valence electrons. The van der Waals surface area contributed by atoms with Gasteiger partial charge in [-0.05, 0) is 13.0 Å². The Labute approximate surface area is 89.3 Å². The van der Waals surface area contributed by atoms with Crippen molar-refractivity contribution in [3.63, 3.8) is 0 Å². The smallest absolute Gasteiger partial charge is 0.222 e. The lowest BCUT2D eigenvalue weighted by Crippen LogP contribution is -2.42. The normalized spacial score (nSPS) is 21.3. The summed E-state index contributed by atoms with van der Waals surface area (Å²) in [6.45, 7) is 5.30. The molecule has 0 spiro atoms. The van der Waals surface area contributed by atoms with E-state index in [9.17, 15) is 0 Å². The number of hydrogen-bond acceptors (Lipinski definition) is 5. The van der Waals surface area contributed by atoms with Gasteiger partial charge in [0.25, 0.3) is 0 Å². The Bertz CT molecular complexity index is 312. The van der Waals surface area contributed by atoms with Crippen LogP contribution in [-0.4, -0.2) is 42.3 Å². The topological polar surface area (TPSA) is 59.1 Å². The number of morpholine rings is 1. The van der Waals surface area contributed by atoms with Crippen LogP contribution >= 0.6 is 0 Å². The largest absolute Gasteiger partial charge is 0.374 e. The molecular formula is C10H16N4O. The molecule has 0 aliphatic carbocycles. The van der Waals surface area contributed by atoms with Crippen LogP contribution in [0.1, 0.15) is 5.69 Å². The number of aryl methyl sites for hydroxylation is 1. The lowest BCUT2D eigenvalue weighted by atomic mass is 10.3. The van der Waals surface area contributed by atoms with Gasteiger partial charge in [-0.2, -0.15) is 0 Å². The van der Waals surface area contributed by atoms with Crippen LogP contribution in [0, 0.1) is 6.92 Å². The molecule has 0 amide bonds. The van der Waals surface area contributed by atoms with Crippen LogP contribution in [-0.2, 0) is 4.74 Å². The second-order valence-electron chi connectivity index (χ2n) is 3.60. The molecule has 1 aliphatic heterocycles. The zero-order chi connectivity index (χ0) is 10.5. The minimum absolute atomic E-state index is 0.211. The Morgan fingerprint density at radius 2 is 2.60 bits per heavy atom. The third kappa shape index (κ3) is 3.14. The molecule has 2 rings (SSSR count). The summed E-state index contributed by atoms with van der Waals surface area (Å²) in [7, 11) is 0.